The number of benzene rings is 2. The molecule has 39 heavy (non-hydrogen) atoms. The van der Waals surface area contributed by atoms with Crippen molar-refractivity contribution in [3.8, 4) is 17.6 Å². The van der Waals surface area contributed by atoms with Crippen molar-refractivity contribution in [2.75, 3.05) is 26.2 Å². The Bertz CT molecular complexity index is 1360. The molecule has 2 aliphatic rings. The second kappa shape index (κ2) is 11.4. The Labute approximate surface area is 230 Å². The van der Waals surface area contributed by atoms with Crippen LogP contribution in [0.3, 0.4) is 0 Å². The molecule has 6 heteroatoms. The molecule has 2 fully saturated rings. The second-order valence-corrected chi connectivity index (χ2v) is 12.2. The van der Waals surface area contributed by atoms with Crippen LogP contribution in [-0.2, 0) is 23.1 Å². The number of halogens is 1. The van der Waals surface area contributed by atoms with Gasteiger partial charge in [-0.15, -0.1) is 0 Å². The number of carbonyl (C=O) groups excluding carboxylic acids is 1. The minimum Gasteiger partial charge on any atom is -0.493 e. The van der Waals surface area contributed by atoms with Gasteiger partial charge >= 0.3 is 0 Å². The standard InChI is InChI=1S/C33H37FN2O3/c1-32(2,3)31-20-27(35-39-31)19-28(37)18-25-8-6-24(7-9-25)10-11-26-12-13-29(21-30(26)34)38-17-5-16-36-22-33(23-36)14-4-15-33/h6-9,12-13,20-21H,4-5,14-19,22-23H2,1-3H3. The van der Waals surface area contributed by atoms with E-state index >= 15 is 0 Å². The molecule has 0 radical (unpaired) electrons. The molecule has 204 valence electrons. The van der Waals surface area contributed by atoms with E-state index in [9.17, 15) is 9.18 Å². The Hall–Kier alpha value is -3.43. The maximum Gasteiger partial charge on any atom is 0.143 e. The third-order valence-electron chi connectivity index (χ3n) is 7.73. The highest BCUT2D eigenvalue weighted by molar-refractivity contribution is 5.82. The first kappa shape index (κ1) is 27.1. The van der Waals surface area contributed by atoms with E-state index in [-0.39, 0.29) is 23.4 Å². The largest absolute Gasteiger partial charge is 0.493 e. The number of aromatic nitrogens is 1. The number of ketones is 1. The van der Waals surface area contributed by atoms with E-state index in [4.69, 9.17) is 9.26 Å². The molecule has 2 heterocycles. The second-order valence-electron chi connectivity index (χ2n) is 12.2. The Balaban J connectivity index is 1.07. The molecule has 1 aliphatic carbocycles. The summed E-state index contributed by atoms with van der Waals surface area (Å²) in [6.45, 7) is 10.2. The molecule has 0 bridgehead atoms. The van der Waals surface area contributed by atoms with Crippen molar-refractivity contribution in [2.45, 2.75) is 64.7 Å². The summed E-state index contributed by atoms with van der Waals surface area (Å²) in [4.78, 5) is 15.0. The lowest BCUT2D eigenvalue weighted by atomic mass is 9.63. The fourth-order valence-corrected chi connectivity index (χ4v) is 5.30. The summed E-state index contributed by atoms with van der Waals surface area (Å²) in [7, 11) is 0. The highest BCUT2D eigenvalue weighted by Gasteiger charge is 2.46. The lowest BCUT2D eigenvalue weighted by Gasteiger charge is -2.56. The summed E-state index contributed by atoms with van der Waals surface area (Å²) < 4.78 is 25.7. The van der Waals surface area contributed by atoms with E-state index in [0.717, 1.165) is 29.9 Å². The molecule has 1 aliphatic heterocycles. The number of hydrogen-bond acceptors (Lipinski definition) is 5. The number of hydrogen-bond donors (Lipinski definition) is 0. The Morgan fingerprint density at radius 1 is 1.08 bits per heavy atom. The number of ether oxygens (including phenoxy) is 1. The lowest BCUT2D eigenvalue weighted by Crippen LogP contribution is -2.59. The van der Waals surface area contributed by atoms with Crippen molar-refractivity contribution in [1.82, 2.24) is 10.1 Å². The lowest BCUT2D eigenvalue weighted by molar-refractivity contribution is -0.117. The first-order valence-electron chi connectivity index (χ1n) is 13.9. The van der Waals surface area contributed by atoms with Crippen LogP contribution in [0.4, 0.5) is 4.39 Å². The van der Waals surface area contributed by atoms with Crippen LogP contribution in [0.2, 0.25) is 0 Å². The normalized spacial score (nSPS) is 16.2. The van der Waals surface area contributed by atoms with Gasteiger partial charge in [0.15, 0.2) is 0 Å². The summed E-state index contributed by atoms with van der Waals surface area (Å²) in [5.41, 5.74) is 3.14. The van der Waals surface area contributed by atoms with Gasteiger partial charge in [-0.05, 0) is 54.5 Å². The number of rotatable bonds is 9. The minimum absolute atomic E-state index is 0.0644. The van der Waals surface area contributed by atoms with Crippen LogP contribution in [0.25, 0.3) is 0 Å². The Morgan fingerprint density at radius 2 is 1.85 bits per heavy atom. The molecule has 0 atom stereocenters. The predicted molar refractivity (Wildman–Crippen MR) is 149 cm³/mol. The van der Waals surface area contributed by atoms with E-state index in [2.05, 4.69) is 21.9 Å². The van der Waals surface area contributed by atoms with Crippen LogP contribution < -0.4 is 4.74 Å². The van der Waals surface area contributed by atoms with Gasteiger partial charge in [-0.1, -0.05) is 56.3 Å². The third-order valence-corrected chi connectivity index (χ3v) is 7.73. The first-order valence-corrected chi connectivity index (χ1v) is 13.9. The van der Waals surface area contributed by atoms with E-state index in [1.54, 1.807) is 12.1 Å². The number of carbonyl (C=O) groups is 1. The van der Waals surface area contributed by atoms with Crippen LogP contribution >= 0.6 is 0 Å². The molecule has 1 aromatic heterocycles. The van der Waals surface area contributed by atoms with Gasteiger partial charge in [-0.2, -0.15) is 0 Å². The van der Waals surface area contributed by atoms with E-state index in [1.165, 1.54) is 38.4 Å². The maximum atomic E-state index is 14.6. The molecular weight excluding hydrogens is 491 g/mol. The minimum atomic E-state index is -0.389. The number of Topliss-reactive ketones (excluding diaryl/α,β-unsaturated/α-hetero) is 1. The van der Waals surface area contributed by atoms with Crippen molar-refractivity contribution in [3.05, 3.63) is 82.5 Å². The average molecular weight is 529 g/mol. The van der Waals surface area contributed by atoms with Gasteiger partial charge in [-0.25, -0.2) is 4.39 Å². The fraction of sp³-hybridized carbons (Fsp3) is 0.455. The first-order chi connectivity index (χ1) is 18.7. The molecule has 1 saturated heterocycles. The summed E-state index contributed by atoms with van der Waals surface area (Å²) in [5.74, 6) is 6.89. The highest BCUT2D eigenvalue weighted by atomic mass is 19.1. The fourth-order valence-electron chi connectivity index (χ4n) is 5.30. The zero-order valence-corrected chi connectivity index (χ0v) is 23.2. The smallest absolute Gasteiger partial charge is 0.143 e. The topological polar surface area (TPSA) is 55.6 Å². The maximum absolute atomic E-state index is 14.6. The van der Waals surface area contributed by atoms with Crippen molar-refractivity contribution < 1.29 is 18.4 Å². The van der Waals surface area contributed by atoms with Crippen LogP contribution in [0.15, 0.2) is 53.1 Å². The van der Waals surface area contributed by atoms with Crippen LogP contribution in [0, 0.1) is 23.1 Å². The average Bonchev–Trinajstić information content (AvgIpc) is 3.31. The molecule has 0 amide bonds. The summed E-state index contributed by atoms with van der Waals surface area (Å²) in [6, 6.07) is 14.2. The van der Waals surface area contributed by atoms with Gasteiger partial charge in [0, 0.05) is 49.2 Å². The Kier molecular flexibility index (Phi) is 7.91. The molecule has 5 rings (SSSR count). The van der Waals surface area contributed by atoms with Crippen LogP contribution in [0.5, 0.6) is 5.75 Å². The van der Waals surface area contributed by atoms with Gasteiger partial charge < -0.3 is 14.2 Å². The number of nitrogens with zero attached hydrogens (tertiary/aromatic N) is 2. The van der Waals surface area contributed by atoms with Crippen LogP contribution in [-0.4, -0.2) is 42.1 Å². The van der Waals surface area contributed by atoms with Gasteiger partial charge in [0.2, 0.25) is 0 Å². The third kappa shape index (κ3) is 6.96. The highest BCUT2D eigenvalue weighted by Crippen LogP contribution is 2.47. The van der Waals surface area contributed by atoms with Crippen LogP contribution in [0.1, 0.15) is 74.6 Å². The SMILES string of the molecule is CC(C)(C)c1cc(CC(=O)Cc2ccc(C#Cc3ccc(OCCCN4CC5(CCC5)C4)cc3F)cc2)no1. The van der Waals surface area contributed by atoms with E-state index in [1.807, 2.05) is 51.1 Å². The van der Waals surface area contributed by atoms with Gasteiger partial charge in [0.1, 0.15) is 23.1 Å². The van der Waals surface area contributed by atoms with Crippen molar-refractivity contribution in [2.24, 2.45) is 5.41 Å². The predicted octanol–water partition coefficient (Wildman–Crippen LogP) is 6.12. The molecule has 0 unspecified atom stereocenters. The van der Waals surface area contributed by atoms with E-state index in [0.29, 0.717) is 35.4 Å². The van der Waals surface area contributed by atoms with Gasteiger partial charge in [-0.3, -0.25) is 4.79 Å². The Morgan fingerprint density at radius 3 is 2.49 bits per heavy atom. The molecule has 5 nitrogen and oxygen atoms in total. The zero-order chi connectivity index (χ0) is 27.5. The quantitative estimate of drug-likeness (QED) is 0.247. The van der Waals surface area contributed by atoms with Crippen molar-refractivity contribution in [3.63, 3.8) is 0 Å². The van der Waals surface area contributed by atoms with Crippen molar-refractivity contribution in [1.29, 1.82) is 0 Å². The molecule has 2 aromatic carbocycles. The summed E-state index contributed by atoms with van der Waals surface area (Å²) >= 11 is 0. The summed E-state index contributed by atoms with van der Waals surface area (Å²) in [6.07, 6.45) is 5.66. The van der Waals surface area contributed by atoms with Gasteiger partial charge in [0.05, 0.1) is 24.3 Å². The number of likely N-dealkylation sites (tertiary alicyclic amines) is 1. The molecule has 3 aromatic rings. The van der Waals surface area contributed by atoms with Crippen molar-refractivity contribution >= 4 is 5.78 Å². The molecular formula is C33H37FN2O3. The van der Waals surface area contributed by atoms with Gasteiger partial charge in [0.25, 0.3) is 0 Å². The zero-order valence-electron chi connectivity index (χ0n) is 23.2. The molecule has 0 N–H and O–H groups in total. The molecule has 1 spiro atoms. The summed E-state index contributed by atoms with van der Waals surface area (Å²) in [5, 5.41) is 4.03. The monoisotopic (exact) mass is 528 g/mol. The van der Waals surface area contributed by atoms with E-state index < -0.39 is 0 Å². The molecule has 1 saturated carbocycles.